The third-order valence-electron chi connectivity index (χ3n) is 4.48. The maximum Gasteiger partial charge on any atom is 0.236 e. The predicted molar refractivity (Wildman–Crippen MR) is 84.4 cm³/mol. The highest BCUT2D eigenvalue weighted by molar-refractivity contribution is 5.78. The second-order valence-electron chi connectivity index (χ2n) is 6.67. The van der Waals surface area contributed by atoms with Gasteiger partial charge in [-0.05, 0) is 39.8 Å². The Kier molecular flexibility index (Phi) is 6.45. The number of amides is 1. The largest absolute Gasteiger partial charge is 0.373 e. The van der Waals surface area contributed by atoms with Crippen molar-refractivity contribution in [1.82, 2.24) is 14.7 Å². The molecule has 2 aliphatic heterocycles. The van der Waals surface area contributed by atoms with Gasteiger partial charge in [0.1, 0.15) is 0 Å². The van der Waals surface area contributed by atoms with Crippen molar-refractivity contribution < 1.29 is 9.53 Å². The molecule has 2 aliphatic rings. The molecule has 0 bridgehead atoms. The van der Waals surface area contributed by atoms with Gasteiger partial charge in [-0.25, -0.2) is 0 Å². The first kappa shape index (κ1) is 16.7. The van der Waals surface area contributed by atoms with E-state index >= 15 is 0 Å². The highest BCUT2D eigenvalue weighted by atomic mass is 16.5. The zero-order chi connectivity index (χ0) is 15.2. The molecule has 2 saturated heterocycles. The van der Waals surface area contributed by atoms with Crippen molar-refractivity contribution in [3.63, 3.8) is 0 Å². The molecule has 0 aromatic heterocycles. The molecular formula is C16H31N3O2. The number of ether oxygens (including phenoxy) is 1. The van der Waals surface area contributed by atoms with Gasteiger partial charge in [0.25, 0.3) is 0 Å². The molecule has 5 nitrogen and oxygen atoms in total. The fraction of sp³-hybridized carbons (Fsp3) is 0.938. The number of nitrogens with zero attached hydrogens (tertiary/aromatic N) is 3. The van der Waals surface area contributed by atoms with Gasteiger partial charge < -0.3 is 14.5 Å². The first-order chi connectivity index (χ1) is 10.0. The van der Waals surface area contributed by atoms with E-state index in [1.165, 1.54) is 32.4 Å². The van der Waals surface area contributed by atoms with Crippen LogP contribution in [0.2, 0.25) is 0 Å². The van der Waals surface area contributed by atoms with Crippen molar-refractivity contribution in [3.8, 4) is 0 Å². The van der Waals surface area contributed by atoms with E-state index in [1.807, 2.05) is 11.9 Å². The van der Waals surface area contributed by atoms with Crippen molar-refractivity contribution in [1.29, 1.82) is 0 Å². The summed E-state index contributed by atoms with van der Waals surface area (Å²) in [5, 5.41) is 0. The summed E-state index contributed by atoms with van der Waals surface area (Å²) in [6.45, 7) is 10.6. The van der Waals surface area contributed by atoms with E-state index in [1.54, 1.807) is 0 Å². The van der Waals surface area contributed by atoms with Gasteiger partial charge in [0.2, 0.25) is 5.91 Å². The molecule has 5 heteroatoms. The number of likely N-dealkylation sites (tertiary alicyclic amines) is 1. The van der Waals surface area contributed by atoms with Crippen LogP contribution in [0.15, 0.2) is 0 Å². The lowest BCUT2D eigenvalue weighted by molar-refractivity contribution is -0.134. The first-order valence-corrected chi connectivity index (χ1v) is 8.38. The maximum atomic E-state index is 12.3. The van der Waals surface area contributed by atoms with Gasteiger partial charge in [-0.3, -0.25) is 9.69 Å². The molecule has 0 saturated carbocycles. The summed E-state index contributed by atoms with van der Waals surface area (Å²) in [6.07, 6.45) is 4.42. The number of carbonyl (C=O) groups excluding carboxylic acids is 1. The molecule has 0 aromatic carbocycles. The van der Waals surface area contributed by atoms with Gasteiger partial charge in [0, 0.05) is 33.2 Å². The second kappa shape index (κ2) is 8.11. The van der Waals surface area contributed by atoms with Crippen molar-refractivity contribution in [2.24, 2.45) is 0 Å². The Morgan fingerprint density at radius 1 is 1.10 bits per heavy atom. The van der Waals surface area contributed by atoms with Gasteiger partial charge >= 0.3 is 0 Å². The van der Waals surface area contributed by atoms with Gasteiger partial charge in [0.05, 0.1) is 18.8 Å². The Morgan fingerprint density at radius 2 is 1.71 bits per heavy atom. The van der Waals surface area contributed by atoms with Crippen LogP contribution in [0, 0.1) is 0 Å². The zero-order valence-electron chi connectivity index (χ0n) is 13.9. The van der Waals surface area contributed by atoms with Crippen LogP contribution < -0.4 is 0 Å². The van der Waals surface area contributed by atoms with Crippen molar-refractivity contribution in [2.75, 3.05) is 52.9 Å². The molecule has 122 valence electrons. The zero-order valence-corrected chi connectivity index (χ0v) is 13.9. The molecule has 0 aromatic rings. The molecule has 0 radical (unpaired) electrons. The normalized spacial score (nSPS) is 28.5. The van der Waals surface area contributed by atoms with Crippen LogP contribution in [-0.2, 0) is 9.53 Å². The number of hydrogen-bond donors (Lipinski definition) is 0. The molecular weight excluding hydrogens is 266 g/mol. The number of carbonyl (C=O) groups is 1. The second-order valence-corrected chi connectivity index (χ2v) is 6.67. The summed E-state index contributed by atoms with van der Waals surface area (Å²) in [4.78, 5) is 18.9. The first-order valence-electron chi connectivity index (χ1n) is 8.38. The van der Waals surface area contributed by atoms with E-state index in [-0.39, 0.29) is 18.1 Å². The number of rotatable bonds is 5. The third-order valence-corrected chi connectivity index (χ3v) is 4.48. The van der Waals surface area contributed by atoms with Crippen molar-refractivity contribution >= 4 is 5.91 Å². The van der Waals surface area contributed by atoms with Crippen LogP contribution in [0.25, 0.3) is 0 Å². The highest BCUT2D eigenvalue weighted by Crippen LogP contribution is 2.11. The molecule has 2 atom stereocenters. The van der Waals surface area contributed by atoms with Gasteiger partial charge in [-0.15, -0.1) is 0 Å². The minimum Gasteiger partial charge on any atom is -0.373 e. The van der Waals surface area contributed by atoms with Crippen LogP contribution in [0.1, 0.15) is 33.1 Å². The molecule has 1 amide bonds. The molecule has 2 unspecified atom stereocenters. The smallest absolute Gasteiger partial charge is 0.236 e. The average Bonchev–Trinajstić information content (AvgIpc) is 2.44. The van der Waals surface area contributed by atoms with Crippen LogP contribution in [0.3, 0.4) is 0 Å². The Bertz CT molecular complexity index is 321. The number of likely N-dealkylation sites (N-methyl/N-ethyl adjacent to an activating group) is 1. The standard InChI is InChI=1S/C16H31N3O2/c1-14-11-19(12-15(2)21-14)13-16(20)17(3)9-10-18-7-5-4-6-8-18/h14-15H,4-13H2,1-3H3. The lowest BCUT2D eigenvalue weighted by Crippen LogP contribution is -2.50. The Labute approximate surface area is 129 Å². The molecule has 2 rings (SSSR count). The lowest BCUT2D eigenvalue weighted by atomic mass is 10.1. The summed E-state index contributed by atoms with van der Waals surface area (Å²) in [7, 11) is 1.93. The average molecular weight is 297 g/mol. The van der Waals surface area contributed by atoms with E-state index in [4.69, 9.17) is 4.74 Å². The van der Waals surface area contributed by atoms with Gasteiger partial charge in [-0.1, -0.05) is 6.42 Å². The van der Waals surface area contributed by atoms with Gasteiger partial charge in [-0.2, -0.15) is 0 Å². The van der Waals surface area contributed by atoms with E-state index in [0.29, 0.717) is 6.54 Å². The SMILES string of the molecule is CC1CN(CC(=O)N(C)CCN2CCCCC2)CC(C)O1. The van der Waals surface area contributed by atoms with E-state index in [0.717, 1.165) is 26.2 Å². The van der Waals surface area contributed by atoms with Gasteiger partial charge in [0.15, 0.2) is 0 Å². The monoisotopic (exact) mass is 297 g/mol. The van der Waals surface area contributed by atoms with Crippen LogP contribution in [0.4, 0.5) is 0 Å². The summed E-state index contributed by atoms with van der Waals surface area (Å²) in [5.41, 5.74) is 0. The Morgan fingerprint density at radius 3 is 2.33 bits per heavy atom. The predicted octanol–water partition coefficient (Wildman–Crippen LogP) is 1.04. The maximum absolute atomic E-state index is 12.3. The third kappa shape index (κ3) is 5.57. The molecule has 21 heavy (non-hydrogen) atoms. The summed E-state index contributed by atoms with van der Waals surface area (Å²) in [5.74, 6) is 0.230. The van der Waals surface area contributed by atoms with E-state index in [9.17, 15) is 4.79 Å². The number of hydrogen-bond acceptors (Lipinski definition) is 4. The van der Waals surface area contributed by atoms with Crippen molar-refractivity contribution in [3.05, 3.63) is 0 Å². The van der Waals surface area contributed by atoms with Crippen LogP contribution in [-0.4, -0.2) is 85.7 Å². The van der Waals surface area contributed by atoms with Crippen molar-refractivity contribution in [2.45, 2.75) is 45.3 Å². The molecule has 2 fully saturated rings. The molecule has 2 heterocycles. The highest BCUT2D eigenvalue weighted by Gasteiger charge is 2.24. The summed E-state index contributed by atoms with van der Waals surface area (Å²) >= 11 is 0. The molecule has 0 spiro atoms. The van der Waals surface area contributed by atoms with Crippen LogP contribution >= 0.6 is 0 Å². The lowest BCUT2D eigenvalue weighted by Gasteiger charge is -2.35. The minimum atomic E-state index is 0.222. The van der Waals surface area contributed by atoms with E-state index < -0.39 is 0 Å². The fourth-order valence-corrected chi connectivity index (χ4v) is 3.32. The quantitative estimate of drug-likeness (QED) is 0.760. The van der Waals surface area contributed by atoms with Crippen LogP contribution in [0.5, 0.6) is 0 Å². The topological polar surface area (TPSA) is 36.0 Å². The summed E-state index contributed by atoms with van der Waals surface area (Å²) in [6, 6.07) is 0. The minimum absolute atomic E-state index is 0.222. The molecule has 0 aliphatic carbocycles. The Balaban J connectivity index is 1.69. The number of piperidine rings is 1. The molecule has 0 N–H and O–H groups in total. The Hall–Kier alpha value is -0.650. The fourth-order valence-electron chi connectivity index (χ4n) is 3.32. The van der Waals surface area contributed by atoms with E-state index in [2.05, 4.69) is 23.6 Å². The summed E-state index contributed by atoms with van der Waals surface area (Å²) < 4.78 is 5.71. The number of morpholine rings is 1.